The number of piperazine rings is 1. The van der Waals surface area contributed by atoms with E-state index in [0.717, 1.165) is 0 Å². The van der Waals surface area contributed by atoms with Crippen LogP contribution in [-0.2, 0) is 23.8 Å². The highest BCUT2D eigenvalue weighted by atomic mass is 16.5. The average Bonchev–Trinajstić information content (AvgIpc) is 2.36. The van der Waals surface area contributed by atoms with Crippen molar-refractivity contribution in [2.75, 3.05) is 59.8 Å². The minimum absolute atomic E-state index is 0.0745. The summed E-state index contributed by atoms with van der Waals surface area (Å²) in [6.45, 7) is 3.13. The van der Waals surface area contributed by atoms with Gasteiger partial charge in [0.25, 0.3) is 0 Å². The van der Waals surface area contributed by atoms with Gasteiger partial charge < -0.3 is 24.4 Å². The fourth-order valence-corrected chi connectivity index (χ4v) is 1.45. The number of hydrogen-bond donors (Lipinski definition) is 1. The van der Waals surface area contributed by atoms with E-state index in [2.05, 4.69) is 5.32 Å². The fourth-order valence-electron chi connectivity index (χ4n) is 1.45. The normalized spacial score (nSPS) is 15.9. The molecule has 7 heteroatoms. The maximum absolute atomic E-state index is 11.4. The van der Waals surface area contributed by atoms with E-state index in [1.54, 1.807) is 7.11 Å². The van der Waals surface area contributed by atoms with Gasteiger partial charge >= 0.3 is 0 Å². The van der Waals surface area contributed by atoms with Gasteiger partial charge in [0.05, 0.1) is 46.1 Å². The molecule has 1 saturated heterocycles. The summed E-state index contributed by atoms with van der Waals surface area (Å²) >= 11 is 0. The summed E-state index contributed by atoms with van der Waals surface area (Å²) < 4.78 is 15.3. The average molecular weight is 260 g/mol. The molecule has 0 aliphatic carbocycles. The molecule has 0 unspecified atom stereocenters. The zero-order valence-corrected chi connectivity index (χ0v) is 10.6. The fraction of sp³-hybridized carbons (Fsp3) is 0.818. The first-order valence-electron chi connectivity index (χ1n) is 5.93. The Morgan fingerprint density at radius 2 is 1.78 bits per heavy atom. The molecule has 0 aromatic carbocycles. The van der Waals surface area contributed by atoms with E-state index in [1.165, 1.54) is 4.90 Å². The molecule has 1 aliphatic rings. The van der Waals surface area contributed by atoms with Crippen molar-refractivity contribution in [3.8, 4) is 0 Å². The second-order valence-corrected chi connectivity index (χ2v) is 3.81. The Bertz CT molecular complexity index is 272. The van der Waals surface area contributed by atoms with Crippen molar-refractivity contribution in [3.63, 3.8) is 0 Å². The zero-order valence-electron chi connectivity index (χ0n) is 10.6. The molecule has 2 amide bonds. The van der Waals surface area contributed by atoms with Crippen LogP contribution < -0.4 is 5.32 Å². The molecule has 0 aromatic rings. The second kappa shape index (κ2) is 8.84. The van der Waals surface area contributed by atoms with Crippen molar-refractivity contribution in [2.24, 2.45) is 0 Å². The largest absolute Gasteiger partial charge is 0.382 e. The van der Waals surface area contributed by atoms with Crippen LogP contribution in [0, 0.1) is 0 Å². The number of ether oxygens (including phenoxy) is 3. The Balaban J connectivity index is 1.96. The number of nitrogens with one attached hydrogen (secondary N) is 1. The molecule has 1 fully saturated rings. The molecule has 0 radical (unpaired) electrons. The van der Waals surface area contributed by atoms with Crippen LogP contribution in [0.3, 0.4) is 0 Å². The first-order chi connectivity index (χ1) is 8.74. The first-order valence-corrected chi connectivity index (χ1v) is 5.93. The van der Waals surface area contributed by atoms with E-state index >= 15 is 0 Å². The molecule has 7 nitrogen and oxygen atoms in total. The quantitative estimate of drug-likeness (QED) is 0.517. The molecule has 1 N–H and O–H groups in total. The Morgan fingerprint density at radius 3 is 2.50 bits per heavy atom. The van der Waals surface area contributed by atoms with Crippen LogP contribution in [0.2, 0.25) is 0 Å². The van der Waals surface area contributed by atoms with Crippen LogP contribution in [0.4, 0.5) is 0 Å². The van der Waals surface area contributed by atoms with Crippen molar-refractivity contribution >= 4 is 11.8 Å². The van der Waals surface area contributed by atoms with Gasteiger partial charge in [-0.05, 0) is 0 Å². The van der Waals surface area contributed by atoms with Crippen molar-refractivity contribution in [1.82, 2.24) is 10.2 Å². The number of amides is 2. The first kappa shape index (κ1) is 14.9. The van der Waals surface area contributed by atoms with E-state index in [1.807, 2.05) is 0 Å². The number of methoxy groups -OCH3 is 1. The highest BCUT2D eigenvalue weighted by Crippen LogP contribution is 1.95. The molecule has 18 heavy (non-hydrogen) atoms. The summed E-state index contributed by atoms with van der Waals surface area (Å²) in [4.78, 5) is 24.0. The zero-order chi connectivity index (χ0) is 13.2. The van der Waals surface area contributed by atoms with Crippen molar-refractivity contribution in [1.29, 1.82) is 0 Å². The van der Waals surface area contributed by atoms with Gasteiger partial charge in [0, 0.05) is 13.7 Å². The summed E-state index contributed by atoms with van der Waals surface area (Å²) in [7, 11) is 1.62. The summed E-state index contributed by atoms with van der Waals surface area (Å²) in [5.41, 5.74) is 0. The minimum Gasteiger partial charge on any atom is -0.382 e. The topological polar surface area (TPSA) is 77.1 Å². The summed E-state index contributed by atoms with van der Waals surface area (Å²) in [5, 5.41) is 2.49. The highest BCUT2D eigenvalue weighted by molar-refractivity contribution is 5.92. The lowest BCUT2D eigenvalue weighted by Crippen LogP contribution is -2.52. The van der Waals surface area contributed by atoms with Crippen molar-refractivity contribution in [2.45, 2.75) is 0 Å². The van der Waals surface area contributed by atoms with Crippen LogP contribution >= 0.6 is 0 Å². The maximum Gasteiger partial charge on any atom is 0.242 e. The number of nitrogens with zero attached hydrogens (tertiary/aromatic N) is 1. The Kier molecular flexibility index (Phi) is 7.31. The van der Waals surface area contributed by atoms with Crippen LogP contribution in [-0.4, -0.2) is 76.5 Å². The third-order valence-corrected chi connectivity index (χ3v) is 2.43. The number of carbonyl (C=O) groups is 2. The minimum atomic E-state index is -0.127. The Labute approximate surface area is 106 Å². The van der Waals surface area contributed by atoms with Crippen LogP contribution in [0.5, 0.6) is 0 Å². The molecule has 0 spiro atoms. The second-order valence-electron chi connectivity index (χ2n) is 3.81. The van der Waals surface area contributed by atoms with Gasteiger partial charge in [-0.25, -0.2) is 0 Å². The van der Waals surface area contributed by atoms with Gasteiger partial charge in [0.2, 0.25) is 11.8 Å². The standard InChI is InChI=1S/C11H20N2O5/c1-16-4-5-18-7-6-17-3-2-13-9-10(14)12-8-11(13)15/h2-9H2,1H3,(H,12,14). The number of rotatable bonds is 9. The molecule has 0 atom stereocenters. The number of hydrogen-bond acceptors (Lipinski definition) is 5. The smallest absolute Gasteiger partial charge is 0.242 e. The van der Waals surface area contributed by atoms with Crippen LogP contribution in [0.25, 0.3) is 0 Å². The molecule has 104 valence electrons. The van der Waals surface area contributed by atoms with E-state index in [-0.39, 0.29) is 24.9 Å². The van der Waals surface area contributed by atoms with Crippen LogP contribution in [0.15, 0.2) is 0 Å². The SMILES string of the molecule is COCCOCCOCCN1CC(=O)NCC1=O. The molecule has 0 saturated carbocycles. The summed E-state index contributed by atoms with van der Waals surface area (Å²) in [5.74, 6) is -0.202. The number of carbonyl (C=O) groups excluding carboxylic acids is 2. The predicted octanol–water partition coefficient (Wildman–Crippen LogP) is -1.38. The summed E-state index contributed by atoms with van der Waals surface area (Å²) in [6, 6.07) is 0. The third-order valence-electron chi connectivity index (χ3n) is 2.43. The van der Waals surface area contributed by atoms with Crippen LogP contribution in [0.1, 0.15) is 0 Å². The maximum atomic E-state index is 11.4. The summed E-state index contributed by atoms with van der Waals surface area (Å²) in [6.07, 6.45) is 0. The molecule has 0 bridgehead atoms. The lowest BCUT2D eigenvalue weighted by molar-refractivity contribution is -0.141. The van der Waals surface area contributed by atoms with Gasteiger partial charge in [-0.1, -0.05) is 0 Å². The molecule has 1 heterocycles. The van der Waals surface area contributed by atoms with Gasteiger partial charge in [0.15, 0.2) is 0 Å². The van der Waals surface area contributed by atoms with E-state index in [0.29, 0.717) is 39.6 Å². The van der Waals surface area contributed by atoms with Gasteiger partial charge in [-0.2, -0.15) is 0 Å². The molecular formula is C11H20N2O5. The van der Waals surface area contributed by atoms with Crippen molar-refractivity contribution < 1.29 is 23.8 Å². The lowest BCUT2D eigenvalue weighted by atomic mass is 10.3. The molecular weight excluding hydrogens is 240 g/mol. The van der Waals surface area contributed by atoms with E-state index < -0.39 is 0 Å². The Hall–Kier alpha value is -1.18. The van der Waals surface area contributed by atoms with Gasteiger partial charge in [-0.15, -0.1) is 0 Å². The highest BCUT2D eigenvalue weighted by Gasteiger charge is 2.22. The molecule has 1 rings (SSSR count). The van der Waals surface area contributed by atoms with E-state index in [9.17, 15) is 9.59 Å². The monoisotopic (exact) mass is 260 g/mol. The van der Waals surface area contributed by atoms with Crippen molar-refractivity contribution in [3.05, 3.63) is 0 Å². The Morgan fingerprint density at radius 1 is 1.11 bits per heavy atom. The van der Waals surface area contributed by atoms with Gasteiger partial charge in [0.1, 0.15) is 0 Å². The molecule has 1 aliphatic heterocycles. The predicted molar refractivity (Wildman–Crippen MR) is 63.1 cm³/mol. The third kappa shape index (κ3) is 5.95. The van der Waals surface area contributed by atoms with E-state index in [4.69, 9.17) is 14.2 Å². The molecule has 0 aromatic heterocycles. The van der Waals surface area contributed by atoms with Gasteiger partial charge in [-0.3, -0.25) is 9.59 Å². The lowest BCUT2D eigenvalue weighted by Gasteiger charge is -2.26.